The number of hydrogen-bond donors (Lipinski definition) is 1. The molecule has 1 saturated heterocycles. The van der Waals surface area contributed by atoms with E-state index in [2.05, 4.69) is 4.90 Å². The van der Waals surface area contributed by atoms with Crippen LogP contribution in [0.4, 0.5) is 5.69 Å². The average Bonchev–Trinajstić information content (AvgIpc) is 2.82. The van der Waals surface area contributed by atoms with Crippen LogP contribution in [0, 0.1) is 13.8 Å². The standard InChI is InChI=1S/C17H21N3O3S/c1-12-13(2)24-17(23)20(12)11-16(22)19-9-7-18(8-10-19)14-3-5-15(21)6-4-14/h3-6,21H,7-11H2,1-2H3. The van der Waals surface area contributed by atoms with E-state index in [9.17, 15) is 14.7 Å². The molecule has 2 heterocycles. The van der Waals surface area contributed by atoms with Crippen LogP contribution in [0.3, 0.4) is 0 Å². The Bertz CT molecular complexity index is 786. The van der Waals surface area contributed by atoms with Gasteiger partial charge in [0.15, 0.2) is 0 Å². The van der Waals surface area contributed by atoms with Gasteiger partial charge in [-0.05, 0) is 38.1 Å². The first-order chi connectivity index (χ1) is 11.5. The second-order valence-corrected chi connectivity index (χ2v) is 7.15. The molecule has 1 aliphatic rings. The summed E-state index contributed by atoms with van der Waals surface area (Å²) >= 11 is 1.19. The molecule has 24 heavy (non-hydrogen) atoms. The Labute approximate surface area is 144 Å². The second-order valence-electron chi connectivity index (χ2n) is 5.98. The van der Waals surface area contributed by atoms with Crippen molar-refractivity contribution >= 4 is 22.9 Å². The van der Waals surface area contributed by atoms with Crippen molar-refractivity contribution < 1.29 is 9.90 Å². The molecule has 2 aromatic rings. The smallest absolute Gasteiger partial charge is 0.308 e. The molecule has 128 valence electrons. The summed E-state index contributed by atoms with van der Waals surface area (Å²) in [5, 5.41) is 9.36. The Balaban J connectivity index is 1.61. The largest absolute Gasteiger partial charge is 0.508 e. The number of carbonyl (C=O) groups is 1. The highest BCUT2D eigenvalue weighted by molar-refractivity contribution is 7.09. The van der Waals surface area contributed by atoms with Gasteiger partial charge in [0.25, 0.3) is 0 Å². The number of rotatable bonds is 3. The number of amides is 1. The minimum atomic E-state index is -0.0684. The summed E-state index contributed by atoms with van der Waals surface area (Å²) in [5.41, 5.74) is 1.92. The van der Waals surface area contributed by atoms with E-state index in [-0.39, 0.29) is 23.1 Å². The van der Waals surface area contributed by atoms with Gasteiger partial charge in [-0.1, -0.05) is 11.3 Å². The van der Waals surface area contributed by atoms with E-state index < -0.39 is 0 Å². The molecule has 0 spiro atoms. The maximum Gasteiger partial charge on any atom is 0.308 e. The maximum atomic E-state index is 12.5. The van der Waals surface area contributed by atoms with Gasteiger partial charge in [0.1, 0.15) is 12.3 Å². The number of aryl methyl sites for hydroxylation is 1. The lowest BCUT2D eigenvalue weighted by Crippen LogP contribution is -2.50. The van der Waals surface area contributed by atoms with Crippen molar-refractivity contribution in [3.8, 4) is 5.75 Å². The molecular formula is C17H21N3O3S. The number of piperazine rings is 1. The molecule has 0 unspecified atom stereocenters. The van der Waals surface area contributed by atoms with Gasteiger partial charge in [0, 0.05) is 42.4 Å². The molecule has 0 saturated carbocycles. The van der Waals surface area contributed by atoms with Crippen molar-refractivity contribution in [3.05, 3.63) is 44.5 Å². The Hall–Kier alpha value is -2.28. The summed E-state index contributed by atoms with van der Waals surface area (Å²) in [4.78, 5) is 29.3. The van der Waals surface area contributed by atoms with Crippen molar-refractivity contribution in [2.24, 2.45) is 0 Å². The highest BCUT2D eigenvalue weighted by Gasteiger charge is 2.22. The molecule has 7 heteroatoms. The van der Waals surface area contributed by atoms with Crippen LogP contribution >= 0.6 is 11.3 Å². The third kappa shape index (κ3) is 3.31. The molecule has 1 N–H and O–H groups in total. The van der Waals surface area contributed by atoms with Crippen LogP contribution in [0.2, 0.25) is 0 Å². The number of nitrogens with zero attached hydrogens (tertiary/aromatic N) is 3. The van der Waals surface area contributed by atoms with E-state index in [1.807, 2.05) is 30.9 Å². The summed E-state index contributed by atoms with van der Waals surface area (Å²) in [7, 11) is 0. The lowest BCUT2D eigenvalue weighted by Gasteiger charge is -2.36. The fourth-order valence-corrected chi connectivity index (χ4v) is 3.71. The topological polar surface area (TPSA) is 65.8 Å². The number of hydrogen-bond acceptors (Lipinski definition) is 5. The molecule has 1 aliphatic heterocycles. The van der Waals surface area contributed by atoms with E-state index in [1.54, 1.807) is 16.7 Å². The minimum Gasteiger partial charge on any atom is -0.508 e. The van der Waals surface area contributed by atoms with E-state index in [0.717, 1.165) is 29.3 Å². The van der Waals surface area contributed by atoms with Crippen molar-refractivity contribution in [2.75, 3.05) is 31.1 Å². The zero-order valence-corrected chi connectivity index (χ0v) is 14.7. The Morgan fingerprint density at radius 1 is 1.12 bits per heavy atom. The highest BCUT2D eigenvalue weighted by Crippen LogP contribution is 2.20. The van der Waals surface area contributed by atoms with Crippen molar-refractivity contribution in [1.82, 2.24) is 9.47 Å². The predicted molar refractivity (Wildman–Crippen MR) is 95.0 cm³/mol. The lowest BCUT2D eigenvalue weighted by atomic mass is 10.2. The average molecular weight is 347 g/mol. The molecule has 3 rings (SSSR count). The highest BCUT2D eigenvalue weighted by atomic mass is 32.1. The Morgan fingerprint density at radius 2 is 1.75 bits per heavy atom. The third-order valence-electron chi connectivity index (χ3n) is 4.52. The Morgan fingerprint density at radius 3 is 2.29 bits per heavy atom. The number of thiazole rings is 1. The van der Waals surface area contributed by atoms with Crippen LogP contribution in [0.5, 0.6) is 5.75 Å². The molecular weight excluding hydrogens is 326 g/mol. The van der Waals surface area contributed by atoms with Crippen LogP contribution in [-0.2, 0) is 11.3 Å². The van der Waals surface area contributed by atoms with E-state index in [4.69, 9.17) is 0 Å². The first kappa shape index (κ1) is 16.6. The van der Waals surface area contributed by atoms with Crippen LogP contribution in [0.1, 0.15) is 10.6 Å². The second kappa shape index (κ2) is 6.68. The lowest BCUT2D eigenvalue weighted by molar-refractivity contribution is -0.132. The van der Waals surface area contributed by atoms with Gasteiger partial charge >= 0.3 is 4.87 Å². The maximum absolute atomic E-state index is 12.5. The Kier molecular flexibility index (Phi) is 4.62. The van der Waals surface area contributed by atoms with Gasteiger partial charge in [0.05, 0.1) is 0 Å². The number of anilines is 1. The summed E-state index contributed by atoms with van der Waals surface area (Å²) in [6.45, 7) is 6.66. The number of phenols is 1. The van der Waals surface area contributed by atoms with Crippen LogP contribution in [-0.4, -0.2) is 46.7 Å². The molecule has 0 atom stereocenters. The number of aromatic hydroxyl groups is 1. The van der Waals surface area contributed by atoms with Gasteiger partial charge < -0.3 is 14.9 Å². The zero-order chi connectivity index (χ0) is 17.3. The van der Waals surface area contributed by atoms with Crippen LogP contribution in [0.25, 0.3) is 0 Å². The summed E-state index contributed by atoms with van der Waals surface area (Å²) in [6, 6.07) is 7.09. The zero-order valence-electron chi connectivity index (χ0n) is 13.9. The molecule has 0 bridgehead atoms. The van der Waals surface area contributed by atoms with Crippen LogP contribution < -0.4 is 9.77 Å². The van der Waals surface area contributed by atoms with Crippen molar-refractivity contribution in [1.29, 1.82) is 0 Å². The normalized spacial score (nSPS) is 14.9. The third-order valence-corrected chi connectivity index (χ3v) is 5.51. The molecule has 1 aromatic heterocycles. The van der Waals surface area contributed by atoms with Crippen molar-refractivity contribution in [3.63, 3.8) is 0 Å². The monoisotopic (exact) mass is 347 g/mol. The number of aromatic nitrogens is 1. The van der Waals surface area contributed by atoms with Gasteiger partial charge in [-0.15, -0.1) is 0 Å². The van der Waals surface area contributed by atoms with E-state index in [1.165, 1.54) is 11.3 Å². The molecule has 1 amide bonds. The SMILES string of the molecule is Cc1sc(=O)n(CC(=O)N2CCN(c3ccc(O)cc3)CC2)c1C. The summed E-state index contributed by atoms with van der Waals surface area (Å²) < 4.78 is 1.56. The van der Waals surface area contributed by atoms with Gasteiger partial charge in [-0.2, -0.15) is 0 Å². The van der Waals surface area contributed by atoms with E-state index >= 15 is 0 Å². The number of benzene rings is 1. The van der Waals surface area contributed by atoms with Gasteiger partial charge in [-0.3, -0.25) is 14.2 Å². The molecule has 1 aromatic carbocycles. The fraction of sp³-hybridized carbons (Fsp3) is 0.412. The first-order valence-electron chi connectivity index (χ1n) is 7.94. The minimum absolute atomic E-state index is 0.0108. The number of carbonyl (C=O) groups excluding carboxylic acids is 1. The van der Waals surface area contributed by atoms with E-state index in [0.29, 0.717) is 13.1 Å². The van der Waals surface area contributed by atoms with Crippen LogP contribution in [0.15, 0.2) is 29.1 Å². The van der Waals surface area contributed by atoms with Gasteiger partial charge in [-0.25, -0.2) is 0 Å². The summed E-state index contributed by atoms with van der Waals surface area (Å²) in [5.74, 6) is 0.239. The quantitative estimate of drug-likeness (QED) is 0.916. The molecule has 1 fully saturated rings. The molecule has 0 aliphatic carbocycles. The molecule has 6 nitrogen and oxygen atoms in total. The van der Waals surface area contributed by atoms with Gasteiger partial charge in [0.2, 0.25) is 5.91 Å². The summed E-state index contributed by atoms with van der Waals surface area (Å²) in [6.07, 6.45) is 0. The van der Waals surface area contributed by atoms with Crippen molar-refractivity contribution in [2.45, 2.75) is 20.4 Å². The predicted octanol–water partition coefficient (Wildman–Crippen LogP) is 1.58. The first-order valence-corrected chi connectivity index (χ1v) is 8.76. The molecule has 0 radical (unpaired) electrons. The number of phenolic OH excluding ortho intramolecular Hbond substituents is 1. The fourth-order valence-electron chi connectivity index (χ4n) is 2.88.